The number of hydrogen-bond acceptors (Lipinski definition) is 3. The van der Waals surface area contributed by atoms with Crippen LogP contribution in [-0.2, 0) is 13.6 Å². The summed E-state index contributed by atoms with van der Waals surface area (Å²) >= 11 is 0. The van der Waals surface area contributed by atoms with Crippen molar-refractivity contribution in [2.75, 3.05) is 5.32 Å². The topological polar surface area (TPSA) is 47.1 Å². The maximum atomic E-state index is 4.53. The van der Waals surface area contributed by atoms with Gasteiger partial charge in [-0.3, -0.25) is 4.68 Å². The first-order valence-corrected chi connectivity index (χ1v) is 5.89. The van der Waals surface area contributed by atoms with Crippen LogP contribution in [0, 0.1) is 6.92 Å². The standard InChI is InChI=1S/C13H15N5/c1-10-12(8-14-11-7-15-17(2)9-11)18-6-4-3-5-13(18)16-10/h3-7,9,14H,8H2,1-2H3. The quantitative estimate of drug-likeness (QED) is 0.762. The molecule has 5 heteroatoms. The summed E-state index contributed by atoms with van der Waals surface area (Å²) in [5, 5.41) is 7.49. The van der Waals surface area contributed by atoms with Gasteiger partial charge in [-0.2, -0.15) is 5.10 Å². The average Bonchev–Trinajstić information content (AvgIpc) is 2.90. The van der Waals surface area contributed by atoms with Crippen LogP contribution in [0.15, 0.2) is 36.8 Å². The Balaban J connectivity index is 1.88. The Morgan fingerprint density at radius 1 is 1.33 bits per heavy atom. The zero-order valence-corrected chi connectivity index (χ0v) is 10.5. The van der Waals surface area contributed by atoms with Crippen molar-refractivity contribution in [2.24, 2.45) is 7.05 Å². The molecule has 0 unspecified atom stereocenters. The van der Waals surface area contributed by atoms with Crippen molar-refractivity contribution in [1.29, 1.82) is 0 Å². The first-order chi connectivity index (χ1) is 8.74. The summed E-state index contributed by atoms with van der Waals surface area (Å²) < 4.78 is 3.89. The largest absolute Gasteiger partial charge is 0.377 e. The van der Waals surface area contributed by atoms with Crippen molar-refractivity contribution >= 4 is 11.3 Å². The van der Waals surface area contributed by atoms with E-state index >= 15 is 0 Å². The smallest absolute Gasteiger partial charge is 0.137 e. The lowest BCUT2D eigenvalue weighted by Crippen LogP contribution is -2.03. The van der Waals surface area contributed by atoms with Crippen molar-refractivity contribution in [1.82, 2.24) is 19.2 Å². The molecule has 18 heavy (non-hydrogen) atoms. The highest BCUT2D eigenvalue weighted by atomic mass is 15.3. The molecule has 0 atom stereocenters. The fraction of sp³-hybridized carbons (Fsp3) is 0.231. The first-order valence-electron chi connectivity index (χ1n) is 5.89. The Morgan fingerprint density at radius 3 is 3.00 bits per heavy atom. The molecule has 0 aliphatic heterocycles. The van der Waals surface area contributed by atoms with Gasteiger partial charge in [0.1, 0.15) is 5.65 Å². The molecule has 5 nitrogen and oxygen atoms in total. The number of aryl methyl sites for hydroxylation is 2. The Morgan fingerprint density at radius 2 is 2.22 bits per heavy atom. The van der Waals surface area contributed by atoms with E-state index in [0.29, 0.717) is 0 Å². The van der Waals surface area contributed by atoms with Gasteiger partial charge in [-0.05, 0) is 19.1 Å². The van der Waals surface area contributed by atoms with E-state index in [1.165, 1.54) is 5.69 Å². The minimum atomic E-state index is 0.739. The summed E-state index contributed by atoms with van der Waals surface area (Å²) in [6, 6.07) is 6.03. The van der Waals surface area contributed by atoms with Crippen LogP contribution in [0.5, 0.6) is 0 Å². The van der Waals surface area contributed by atoms with E-state index in [1.54, 1.807) is 4.68 Å². The van der Waals surface area contributed by atoms with E-state index in [9.17, 15) is 0 Å². The molecule has 3 aromatic heterocycles. The van der Waals surface area contributed by atoms with Crippen molar-refractivity contribution < 1.29 is 0 Å². The zero-order chi connectivity index (χ0) is 12.5. The molecule has 0 amide bonds. The number of pyridine rings is 1. The Bertz CT molecular complexity index is 680. The van der Waals surface area contributed by atoms with Gasteiger partial charge < -0.3 is 9.72 Å². The van der Waals surface area contributed by atoms with Crippen molar-refractivity contribution in [3.63, 3.8) is 0 Å². The second-order valence-corrected chi connectivity index (χ2v) is 4.33. The lowest BCUT2D eigenvalue weighted by Gasteiger charge is -2.04. The zero-order valence-electron chi connectivity index (χ0n) is 10.5. The van der Waals surface area contributed by atoms with E-state index in [0.717, 1.165) is 23.6 Å². The SMILES string of the molecule is Cc1nc2ccccn2c1CNc1cnn(C)c1. The van der Waals surface area contributed by atoms with Crippen LogP contribution in [0.2, 0.25) is 0 Å². The van der Waals surface area contributed by atoms with Crippen LogP contribution in [-0.4, -0.2) is 19.2 Å². The molecule has 0 spiro atoms. The molecule has 1 N–H and O–H groups in total. The van der Waals surface area contributed by atoms with Crippen LogP contribution in [0.4, 0.5) is 5.69 Å². The van der Waals surface area contributed by atoms with E-state index < -0.39 is 0 Å². The van der Waals surface area contributed by atoms with Gasteiger partial charge in [0.25, 0.3) is 0 Å². The monoisotopic (exact) mass is 241 g/mol. The van der Waals surface area contributed by atoms with Crippen molar-refractivity contribution in [3.8, 4) is 0 Å². The molecule has 3 aromatic rings. The van der Waals surface area contributed by atoms with Crippen LogP contribution < -0.4 is 5.32 Å². The molecule has 0 aliphatic rings. The molecule has 92 valence electrons. The average molecular weight is 241 g/mol. The molecular weight excluding hydrogens is 226 g/mol. The molecule has 0 radical (unpaired) electrons. The highest BCUT2D eigenvalue weighted by Crippen LogP contribution is 2.13. The van der Waals surface area contributed by atoms with Gasteiger partial charge in [0.2, 0.25) is 0 Å². The maximum absolute atomic E-state index is 4.53. The van der Waals surface area contributed by atoms with E-state index in [1.807, 2.05) is 50.8 Å². The fourth-order valence-corrected chi connectivity index (χ4v) is 2.08. The lowest BCUT2D eigenvalue weighted by molar-refractivity contribution is 0.768. The molecule has 0 saturated heterocycles. The molecule has 3 heterocycles. The number of nitrogens with zero attached hydrogens (tertiary/aromatic N) is 4. The van der Waals surface area contributed by atoms with Crippen LogP contribution in [0.1, 0.15) is 11.4 Å². The first kappa shape index (κ1) is 10.8. The summed E-state index contributed by atoms with van der Waals surface area (Å²) in [5.74, 6) is 0. The van der Waals surface area contributed by atoms with Gasteiger partial charge >= 0.3 is 0 Å². The van der Waals surface area contributed by atoms with Gasteiger partial charge in [0, 0.05) is 19.4 Å². The third-order valence-corrected chi connectivity index (χ3v) is 2.99. The summed E-state index contributed by atoms with van der Waals surface area (Å²) in [6.07, 6.45) is 5.81. The molecule has 0 bridgehead atoms. The molecular formula is C13H15N5. The predicted octanol–water partition coefficient (Wildman–Crippen LogP) is 1.99. The molecule has 0 aliphatic carbocycles. The van der Waals surface area contributed by atoms with Gasteiger partial charge in [-0.1, -0.05) is 6.07 Å². The number of aromatic nitrogens is 4. The summed E-state index contributed by atoms with van der Waals surface area (Å²) in [5.41, 5.74) is 4.23. The number of hydrogen-bond donors (Lipinski definition) is 1. The van der Waals surface area contributed by atoms with E-state index in [-0.39, 0.29) is 0 Å². The predicted molar refractivity (Wildman–Crippen MR) is 70.5 cm³/mol. The van der Waals surface area contributed by atoms with E-state index in [2.05, 4.69) is 19.8 Å². The Labute approximate surface area is 105 Å². The third-order valence-electron chi connectivity index (χ3n) is 2.99. The molecule has 0 aromatic carbocycles. The van der Waals surface area contributed by atoms with E-state index in [4.69, 9.17) is 0 Å². The van der Waals surface area contributed by atoms with Crippen LogP contribution >= 0.6 is 0 Å². The normalized spacial score (nSPS) is 11.0. The van der Waals surface area contributed by atoms with Gasteiger partial charge in [0.15, 0.2) is 0 Å². The fourth-order valence-electron chi connectivity index (χ4n) is 2.08. The second-order valence-electron chi connectivity index (χ2n) is 4.33. The number of imidazole rings is 1. The number of rotatable bonds is 3. The van der Waals surface area contributed by atoms with Gasteiger partial charge in [-0.15, -0.1) is 0 Å². The Hall–Kier alpha value is -2.30. The molecule has 3 rings (SSSR count). The number of fused-ring (bicyclic) bond motifs is 1. The lowest BCUT2D eigenvalue weighted by atomic mass is 10.3. The number of nitrogens with one attached hydrogen (secondary N) is 1. The van der Waals surface area contributed by atoms with Crippen molar-refractivity contribution in [3.05, 3.63) is 48.2 Å². The second kappa shape index (κ2) is 4.18. The summed E-state index contributed by atoms with van der Waals surface area (Å²) in [6.45, 7) is 2.77. The highest BCUT2D eigenvalue weighted by molar-refractivity contribution is 5.45. The number of anilines is 1. The van der Waals surface area contributed by atoms with Crippen LogP contribution in [0.3, 0.4) is 0 Å². The Kier molecular flexibility index (Phi) is 2.51. The molecule has 0 saturated carbocycles. The maximum Gasteiger partial charge on any atom is 0.137 e. The third kappa shape index (κ3) is 1.84. The minimum absolute atomic E-state index is 0.739. The van der Waals surface area contributed by atoms with Crippen LogP contribution in [0.25, 0.3) is 5.65 Å². The minimum Gasteiger partial charge on any atom is -0.377 e. The van der Waals surface area contributed by atoms with Gasteiger partial charge in [0.05, 0.1) is 29.8 Å². The summed E-state index contributed by atoms with van der Waals surface area (Å²) in [4.78, 5) is 4.53. The summed E-state index contributed by atoms with van der Waals surface area (Å²) in [7, 11) is 1.91. The molecule has 0 fully saturated rings. The van der Waals surface area contributed by atoms with Crippen molar-refractivity contribution in [2.45, 2.75) is 13.5 Å². The van der Waals surface area contributed by atoms with Gasteiger partial charge in [-0.25, -0.2) is 4.98 Å². The highest BCUT2D eigenvalue weighted by Gasteiger charge is 2.07.